The van der Waals surface area contributed by atoms with Gasteiger partial charge >= 0.3 is 5.97 Å². The Kier molecular flexibility index (Phi) is 2.66. The molecule has 0 unspecified atom stereocenters. The molecule has 1 aliphatic rings. The van der Waals surface area contributed by atoms with Crippen molar-refractivity contribution in [3.63, 3.8) is 0 Å². The molecule has 6 heteroatoms. The molecule has 1 saturated carbocycles. The number of hydrogen-bond donors (Lipinski definition) is 3. The van der Waals surface area contributed by atoms with Crippen LogP contribution < -0.4 is 10.6 Å². The van der Waals surface area contributed by atoms with Crippen molar-refractivity contribution >= 4 is 17.6 Å². The SMILES string of the molecule is O=C(O)CNc1nccnc1NC1CC1. The molecule has 0 atom stereocenters. The highest BCUT2D eigenvalue weighted by Gasteiger charge is 2.22. The summed E-state index contributed by atoms with van der Waals surface area (Å²) in [5, 5.41) is 14.4. The minimum absolute atomic E-state index is 0.155. The summed E-state index contributed by atoms with van der Waals surface area (Å²) in [6.07, 6.45) is 5.38. The van der Waals surface area contributed by atoms with Crippen molar-refractivity contribution in [1.29, 1.82) is 0 Å². The fourth-order valence-electron chi connectivity index (χ4n) is 1.15. The summed E-state index contributed by atoms with van der Waals surface area (Å²) in [7, 11) is 0. The highest BCUT2D eigenvalue weighted by molar-refractivity contribution is 5.74. The van der Waals surface area contributed by atoms with Gasteiger partial charge in [-0.2, -0.15) is 0 Å². The van der Waals surface area contributed by atoms with Gasteiger partial charge < -0.3 is 15.7 Å². The van der Waals surface area contributed by atoms with E-state index in [0.717, 1.165) is 12.8 Å². The largest absolute Gasteiger partial charge is 0.480 e. The van der Waals surface area contributed by atoms with Crippen molar-refractivity contribution < 1.29 is 9.90 Å². The van der Waals surface area contributed by atoms with Crippen molar-refractivity contribution in [2.75, 3.05) is 17.2 Å². The lowest BCUT2D eigenvalue weighted by molar-refractivity contribution is -0.134. The van der Waals surface area contributed by atoms with Gasteiger partial charge in [0.05, 0.1) is 0 Å². The van der Waals surface area contributed by atoms with Crippen LogP contribution in [0.15, 0.2) is 12.4 Å². The smallest absolute Gasteiger partial charge is 0.322 e. The van der Waals surface area contributed by atoms with Crippen LogP contribution in [0.5, 0.6) is 0 Å². The molecular formula is C9H12N4O2. The third-order valence-electron chi connectivity index (χ3n) is 2.02. The van der Waals surface area contributed by atoms with Crippen molar-refractivity contribution in [3.8, 4) is 0 Å². The van der Waals surface area contributed by atoms with E-state index in [-0.39, 0.29) is 6.54 Å². The first-order chi connectivity index (χ1) is 7.25. The monoisotopic (exact) mass is 208 g/mol. The lowest BCUT2D eigenvalue weighted by Crippen LogP contribution is -2.16. The van der Waals surface area contributed by atoms with Gasteiger partial charge in [0.2, 0.25) is 0 Å². The zero-order valence-electron chi connectivity index (χ0n) is 8.10. The Morgan fingerprint density at radius 2 is 2.07 bits per heavy atom. The molecule has 15 heavy (non-hydrogen) atoms. The number of nitrogens with zero attached hydrogens (tertiary/aromatic N) is 2. The van der Waals surface area contributed by atoms with E-state index in [2.05, 4.69) is 20.6 Å². The standard InChI is InChI=1S/C9H12N4O2/c14-7(15)5-12-8-9(11-4-3-10-8)13-6-1-2-6/h3-4,6H,1-2,5H2,(H,10,12)(H,11,13)(H,14,15). The molecule has 2 rings (SSSR count). The summed E-state index contributed by atoms with van der Waals surface area (Å²) in [5.74, 6) is 0.200. The van der Waals surface area contributed by atoms with E-state index in [1.54, 1.807) is 6.20 Å². The van der Waals surface area contributed by atoms with Gasteiger partial charge in [-0.1, -0.05) is 0 Å². The third-order valence-corrected chi connectivity index (χ3v) is 2.02. The van der Waals surface area contributed by atoms with Crippen LogP contribution in [-0.4, -0.2) is 33.6 Å². The van der Waals surface area contributed by atoms with Crippen LogP contribution in [0, 0.1) is 0 Å². The Morgan fingerprint density at radius 3 is 2.67 bits per heavy atom. The summed E-state index contributed by atoms with van der Waals surface area (Å²) in [6.45, 7) is -0.155. The van der Waals surface area contributed by atoms with Crippen LogP contribution in [-0.2, 0) is 4.79 Å². The normalized spacial score (nSPS) is 14.7. The van der Waals surface area contributed by atoms with Crippen molar-refractivity contribution in [3.05, 3.63) is 12.4 Å². The van der Waals surface area contributed by atoms with Gasteiger partial charge in [0, 0.05) is 18.4 Å². The lowest BCUT2D eigenvalue weighted by Gasteiger charge is -2.09. The molecule has 1 fully saturated rings. The van der Waals surface area contributed by atoms with Crippen molar-refractivity contribution in [2.24, 2.45) is 0 Å². The molecule has 0 saturated heterocycles. The van der Waals surface area contributed by atoms with Crippen LogP contribution in [0.3, 0.4) is 0 Å². The van der Waals surface area contributed by atoms with Crippen molar-refractivity contribution in [1.82, 2.24) is 9.97 Å². The molecule has 0 aromatic carbocycles. The second-order valence-electron chi connectivity index (χ2n) is 3.42. The molecule has 0 radical (unpaired) electrons. The summed E-state index contributed by atoms with van der Waals surface area (Å²) >= 11 is 0. The van der Waals surface area contributed by atoms with E-state index in [4.69, 9.17) is 5.11 Å². The van der Waals surface area contributed by atoms with Gasteiger partial charge in [-0.3, -0.25) is 4.79 Å². The maximum absolute atomic E-state index is 10.4. The lowest BCUT2D eigenvalue weighted by atomic mass is 10.5. The first kappa shape index (κ1) is 9.70. The number of aromatic nitrogens is 2. The van der Waals surface area contributed by atoms with Gasteiger partial charge in [-0.25, -0.2) is 9.97 Å². The van der Waals surface area contributed by atoms with Crippen LogP contribution in [0.2, 0.25) is 0 Å². The molecule has 1 aliphatic carbocycles. The average molecular weight is 208 g/mol. The van der Waals surface area contributed by atoms with E-state index < -0.39 is 5.97 Å². The number of carboxylic acids is 1. The second kappa shape index (κ2) is 4.12. The molecule has 0 bridgehead atoms. The highest BCUT2D eigenvalue weighted by Crippen LogP contribution is 2.26. The molecule has 0 aliphatic heterocycles. The van der Waals surface area contributed by atoms with Crippen LogP contribution in [0.25, 0.3) is 0 Å². The van der Waals surface area contributed by atoms with E-state index in [1.165, 1.54) is 6.20 Å². The molecule has 1 aromatic rings. The predicted octanol–water partition coefficient (Wildman–Crippen LogP) is 0.547. The maximum atomic E-state index is 10.4. The maximum Gasteiger partial charge on any atom is 0.322 e. The van der Waals surface area contributed by atoms with Crippen LogP contribution in [0.4, 0.5) is 11.6 Å². The minimum Gasteiger partial charge on any atom is -0.480 e. The first-order valence-corrected chi connectivity index (χ1v) is 4.79. The number of carbonyl (C=O) groups is 1. The van der Waals surface area contributed by atoms with Crippen LogP contribution in [0.1, 0.15) is 12.8 Å². The van der Waals surface area contributed by atoms with Gasteiger partial charge in [-0.05, 0) is 12.8 Å². The Balaban J connectivity index is 2.02. The number of rotatable bonds is 5. The molecule has 6 nitrogen and oxygen atoms in total. The van der Waals surface area contributed by atoms with Gasteiger partial charge in [-0.15, -0.1) is 0 Å². The first-order valence-electron chi connectivity index (χ1n) is 4.79. The topological polar surface area (TPSA) is 87.1 Å². The minimum atomic E-state index is -0.918. The highest BCUT2D eigenvalue weighted by atomic mass is 16.4. The third kappa shape index (κ3) is 2.80. The number of anilines is 2. The Labute approximate surface area is 86.7 Å². The number of nitrogens with one attached hydrogen (secondary N) is 2. The van der Waals surface area contributed by atoms with Crippen molar-refractivity contribution in [2.45, 2.75) is 18.9 Å². The average Bonchev–Trinajstić information content (AvgIpc) is 3.00. The predicted molar refractivity (Wildman–Crippen MR) is 54.8 cm³/mol. The van der Waals surface area contributed by atoms with Crippen LogP contribution >= 0.6 is 0 Å². The zero-order chi connectivity index (χ0) is 10.7. The number of aliphatic carboxylic acids is 1. The molecule has 1 heterocycles. The molecule has 3 N–H and O–H groups in total. The summed E-state index contributed by atoms with van der Waals surface area (Å²) in [5.41, 5.74) is 0. The van der Waals surface area contributed by atoms with E-state index in [0.29, 0.717) is 17.7 Å². The zero-order valence-corrected chi connectivity index (χ0v) is 8.10. The van der Waals surface area contributed by atoms with E-state index in [1.807, 2.05) is 0 Å². The Hall–Kier alpha value is -1.85. The number of carboxylic acid groups (broad SMARTS) is 1. The molecule has 0 amide bonds. The molecule has 0 spiro atoms. The van der Waals surface area contributed by atoms with Gasteiger partial charge in [0.25, 0.3) is 0 Å². The Morgan fingerprint density at radius 1 is 1.40 bits per heavy atom. The quantitative estimate of drug-likeness (QED) is 0.655. The molecule has 1 aromatic heterocycles. The number of hydrogen-bond acceptors (Lipinski definition) is 5. The van der Waals surface area contributed by atoms with E-state index in [9.17, 15) is 4.79 Å². The summed E-state index contributed by atoms with van der Waals surface area (Å²) in [4.78, 5) is 18.5. The van der Waals surface area contributed by atoms with E-state index >= 15 is 0 Å². The summed E-state index contributed by atoms with van der Waals surface area (Å²) < 4.78 is 0. The van der Waals surface area contributed by atoms with Gasteiger partial charge in [0.1, 0.15) is 6.54 Å². The molecular weight excluding hydrogens is 196 g/mol. The fraction of sp³-hybridized carbons (Fsp3) is 0.444. The fourth-order valence-corrected chi connectivity index (χ4v) is 1.15. The Bertz CT molecular complexity index is 365. The second-order valence-corrected chi connectivity index (χ2v) is 3.42. The molecule has 80 valence electrons. The summed E-state index contributed by atoms with van der Waals surface area (Å²) in [6, 6.07) is 0.465. The van der Waals surface area contributed by atoms with Gasteiger partial charge in [0.15, 0.2) is 11.6 Å².